The van der Waals surface area contributed by atoms with E-state index >= 15 is 0 Å². The second-order valence-electron chi connectivity index (χ2n) is 5.75. The third-order valence-corrected chi connectivity index (χ3v) is 4.00. The fourth-order valence-corrected chi connectivity index (χ4v) is 2.62. The lowest BCUT2D eigenvalue weighted by Gasteiger charge is -2.12. The van der Waals surface area contributed by atoms with Gasteiger partial charge >= 0.3 is 5.97 Å². The highest BCUT2D eigenvalue weighted by molar-refractivity contribution is 5.98. The molecule has 3 aromatic carbocycles. The van der Waals surface area contributed by atoms with Gasteiger partial charge in [0.05, 0.1) is 25.5 Å². The van der Waals surface area contributed by atoms with Gasteiger partial charge in [-0.15, -0.1) is 0 Å². The predicted octanol–water partition coefficient (Wildman–Crippen LogP) is 3.65. The predicted molar refractivity (Wildman–Crippen MR) is 102 cm³/mol. The monoisotopic (exact) mass is 365 g/mol. The number of carbonyl (C=O) groups excluding carboxylic acids is 2. The highest BCUT2D eigenvalue weighted by Crippen LogP contribution is 2.28. The van der Waals surface area contributed by atoms with Gasteiger partial charge in [-0.1, -0.05) is 30.3 Å². The third kappa shape index (κ3) is 4.36. The first kappa shape index (κ1) is 18.3. The lowest BCUT2D eigenvalue weighted by atomic mass is 10.1. The molecule has 1 N–H and O–H groups in total. The molecule has 0 bridgehead atoms. The van der Waals surface area contributed by atoms with Crippen molar-refractivity contribution in [3.63, 3.8) is 0 Å². The molecule has 27 heavy (non-hydrogen) atoms. The number of amides is 1. The maximum atomic E-state index is 12.2. The van der Waals surface area contributed by atoms with Crippen molar-refractivity contribution in [2.24, 2.45) is 0 Å². The van der Waals surface area contributed by atoms with Crippen LogP contribution in [0.25, 0.3) is 10.8 Å². The Morgan fingerprint density at radius 2 is 1.67 bits per heavy atom. The molecule has 0 radical (unpaired) electrons. The maximum absolute atomic E-state index is 12.2. The minimum atomic E-state index is -0.558. The number of carbonyl (C=O) groups is 2. The molecule has 0 spiro atoms. The van der Waals surface area contributed by atoms with Crippen LogP contribution < -0.4 is 14.8 Å². The molecule has 0 aliphatic carbocycles. The molecule has 0 saturated carbocycles. The van der Waals surface area contributed by atoms with Gasteiger partial charge in [0.2, 0.25) is 0 Å². The van der Waals surface area contributed by atoms with E-state index in [0.29, 0.717) is 22.7 Å². The number of ether oxygens (including phenoxy) is 3. The van der Waals surface area contributed by atoms with Gasteiger partial charge < -0.3 is 19.5 Å². The van der Waals surface area contributed by atoms with Gasteiger partial charge in [-0.05, 0) is 35.0 Å². The summed E-state index contributed by atoms with van der Waals surface area (Å²) in [4.78, 5) is 24.3. The van der Waals surface area contributed by atoms with Gasteiger partial charge in [0.1, 0.15) is 11.5 Å². The van der Waals surface area contributed by atoms with Crippen molar-refractivity contribution >= 4 is 28.3 Å². The molecule has 3 aromatic rings. The average molecular weight is 365 g/mol. The fraction of sp³-hybridized carbons (Fsp3) is 0.143. The zero-order valence-electron chi connectivity index (χ0n) is 15.0. The average Bonchev–Trinajstić information content (AvgIpc) is 2.71. The van der Waals surface area contributed by atoms with Crippen LogP contribution in [-0.4, -0.2) is 32.7 Å². The van der Waals surface area contributed by atoms with Crippen LogP contribution in [0, 0.1) is 0 Å². The molecule has 0 aromatic heterocycles. The third-order valence-electron chi connectivity index (χ3n) is 4.00. The summed E-state index contributed by atoms with van der Waals surface area (Å²) in [6, 6.07) is 17.9. The summed E-state index contributed by atoms with van der Waals surface area (Å²) in [5, 5.41) is 4.61. The van der Waals surface area contributed by atoms with Crippen molar-refractivity contribution in [3.8, 4) is 11.5 Å². The van der Waals surface area contributed by atoms with E-state index in [1.54, 1.807) is 37.4 Å². The van der Waals surface area contributed by atoms with E-state index < -0.39 is 18.5 Å². The van der Waals surface area contributed by atoms with E-state index in [2.05, 4.69) is 5.32 Å². The fourth-order valence-electron chi connectivity index (χ4n) is 2.62. The summed E-state index contributed by atoms with van der Waals surface area (Å²) in [7, 11) is 3.03. The number of benzene rings is 3. The highest BCUT2D eigenvalue weighted by Gasteiger charge is 2.13. The number of rotatable bonds is 6. The molecule has 0 aliphatic heterocycles. The Balaban J connectivity index is 1.62. The zero-order chi connectivity index (χ0) is 19.2. The minimum absolute atomic E-state index is 0.392. The SMILES string of the molecule is COc1ccc(NC(=O)COC(=O)c2ccc3ccccc3c2)c(OC)c1. The Morgan fingerprint density at radius 3 is 2.41 bits per heavy atom. The largest absolute Gasteiger partial charge is 0.497 e. The standard InChI is InChI=1S/C21H19NO5/c1-25-17-9-10-18(19(12-17)26-2)22-20(23)13-27-21(24)16-8-7-14-5-3-4-6-15(14)11-16/h3-12H,13H2,1-2H3,(H,22,23). The molecule has 0 atom stereocenters. The van der Waals surface area contributed by atoms with E-state index in [0.717, 1.165) is 10.8 Å². The van der Waals surface area contributed by atoms with Gasteiger partial charge in [-0.3, -0.25) is 4.79 Å². The summed E-state index contributed by atoms with van der Waals surface area (Å²) in [5.41, 5.74) is 0.855. The Bertz CT molecular complexity index is 983. The molecule has 0 fully saturated rings. The first-order chi connectivity index (χ1) is 13.1. The van der Waals surface area contributed by atoms with Crippen molar-refractivity contribution in [1.29, 1.82) is 0 Å². The first-order valence-electron chi connectivity index (χ1n) is 8.28. The summed E-state index contributed by atoms with van der Waals surface area (Å²) in [6.45, 7) is -0.402. The van der Waals surface area contributed by atoms with Crippen LogP contribution >= 0.6 is 0 Å². The van der Waals surface area contributed by atoms with Gasteiger partial charge in [-0.25, -0.2) is 4.79 Å². The van der Waals surface area contributed by atoms with E-state index in [1.807, 2.05) is 30.3 Å². The lowest BCUT2D eigenvalue weighted by Crippen LogP contribution is -2.21. The summed E-state index contributed by atoms with van der Waals surface area (Å²) >= 11 is 0. The quantitative estimate of drug-likeness (QED) is 0.675. The number of nitrogens with one attached hydrogen (secondary N) is 1. The van der Waals surface area contributed by atoms with E-state index in [1.165, 1.54) is 7.11 Å². The summed E-state index contributed by atoms with van der Waals surface area (Å²) in [6.07, 6.45) is 0. The zero-order valence-corrected chi connectivity index (χ0v) is 15.0. The van der Waals surface area contributed by atoms with Crippen LogP contribution in [0.5, 0.6) is 11.5 Å². The molecule has 0 saturated heterocycles. The smallest absolute Gasteiger partial charge is 0.338 e. The highest BCUT2D eigenvalue weighted by atomic mass is 16.5. The Hall–Kier alpha value is -3.54. The van der Waals surface area contributed by atoms with Gasteiger partial charge in [-0.2, -0.15) is 0 Å². The molecular formula is C21H19NO5. The molecule has 6 nitrogen and oxygen atoms in total. The molecule has 1 amide bonds. The van der Waals surface area contributed by atoms with Gasteiger partial charge in [0, 0.05) is 6.07 Å². The van der Waals surface area contributed by atoms with Crippen LogP contribution in [0.2, 0.25) is 0 Å². The molecule has 0 unspecified atom stereocenters. The molecular weight excluding hydrogens is 346 g/mol. The molecule has 0 aliphatic rings. The number of fused-ring (bicyclic) bond motifs is 1. The van der Waals surface area contributed by atoms with E-state index in [9.17, 15) is 9.59 Å². The van der Waals surface area contributed by atoms with Gasteiger partial charge in [0.15, 0.2) is 6.61 Å². The topological polar surface area (TPSA) is 73.9 Å². The van der Waals surface area contributed by atoms with Crippen molar-refractivity contribution < 1.29 is 23.8 Å². The maximum Gasteiger partial charge on any atom is 0.338 e. The number of anilines is 1. The number of esters is 1. The van der Waals surface area contributed by atoms with Crippen LogP contribution in [0.3, 0.4) is 0 Å². The van der Waals surface area contributed by atoms with Crippen molar-refractivity contribution in [1.82, 2.24) is 0 Å². The molecule has 0 heterocycles. The Kier molecular flexibility index (Phi) is 5.56. The van der Waals surface area contributed by atoms with Crippen molar-refractivity contribution in [3.05, 3.63) is 66.2 Å². The van der Waals surface area contributed by atoms with Crippen LogP contribution in [0.4, 0.5) is 5.69 Å². The summed E-state index contributed by atoms with van der Waals surface area (Å²) < 4.78 is 15.4. The van der Waals surface area contributed by atoms with Gasteiger partial charge in [0.25, 0.3) is 5.91 Å². The van der Waals surface area contributed by atoms with Crippen molar-refractivity contribution in [2.45, 2.75) is 0 Å². The van der Waals surface area contributed by atoms with Crippen LogP contribution in [0.15, 0.2) is 60.7 Å². The molecule has 6 heteroatoms. The first-order valence-corrected chi connectivity index (χ1v) is 8.28. The second-order valence-corrected chi connectivity index (χ2v) is 5.75. The number of hydrogen-bond acceptors (Lipinski definition) is 5. The summed E-state index contributed by atoms with van der Waals surface area (Å²) in [5.74, 6) is 0.0290. The normalized spacial score (nSPS) is 10.3. The molecule has 138 valence electrons. The Labute approximate surface area is 156 Å². The second kappa shape index (κ2) is 8.23. The number of methoxy groups -OCH3 is 2. The van der Waals surface area contributed by atoms with Crippen molar-refractivity contribution in [2.75, 3.05) is 26.1 Å². The van der Waals surface area contributed by atoms with E-state index in [4.69, 9.17) is 14.2 Å². The Morgan fingerprint density at radius 1 is 0.889 bits per heavy atom. The van der Waals surface area contributed by atoms with E-state index in [-0.39, 0.29) is 0 Å². The minimum Gasteiger partial charge on any atom is -0.497 e. The van der Waals surface area contributed by atoms with Crippen LogP contribution in [0.1, 0.15) is 10.4 Å². The lowest BCUT2D eigenvalue weighted by molar-refractivity contribution is -0.119. The molecule has 3 rings (SSSR count). The number of hydrogen-bond donors (Lipinski definition) is 1. The van der Waals surface area contributed by atoms with Crippen LogP contribution in [-0.2, 0) is 9.53 Å².